The van der Waals surface area contributed by atoms with Gasteiger partial charge in [0.2, 0.25) is 0 Å². The van der Waals surface area contributed by atoms with Gasteiger partial charge in [0.25, 0.3) is 0 Å². The minimum absolute atomic E-state index is 0.246. The second-order valence-corrected chi connectivity index (χ2v) is 5.40. The van der Waals surface area contributed by atoms with Crippen LogP contribution in [0.15, 0.2) is 42.5 Å². The molecule has 0 saturated heterocycles. The average molecular weight is 310 g/mol. The molecule has 6 heteroatoms. The Balaban J connectivity index is 1.83. The monoisotopic (exact) mass is 310 g/mol. The fraction of sp³-hybridized carbons (Fsp3) is 0.176. The summed E-state index contributed by atoms with van der Waals surface area (Å²) in [5.74, 6) is 0.551. The lowest BCUT2D eigenvalue weighted by atomic mass is 10.1. The smallest absolute Gasteiger partial charge is 0.123 e. The van der Waals surface area contributed by atoms with Gasteiger partial charge in [-0.1, -0.05) is 5.21 Å². The largest absolute Gasteiger partial charge is 0.497 e. The average Bonchev–Trinajstić information content (AvgIpc) is 2.90. The number of hydrogen-bond acceptors (Lipinski definition) is 4. The van der Waals surface area contributed by atoms with E-state index in [9.17, 15) is 4.39 Å². The van der Waals surface area contributed by atoms with Gasteiger partial charge in [-0.05, 0) is 48.0 Å². The Morgan fingerprint density at radius 3 is 2.74 bits per heavy atom. The molecular weight excluding hydrogens is 295 g/mol. The second-order valence-electron chi connectivity index (χ2n) is 5.40. The van der Waals surface area contributed by atoms with E-state index in [1.54, 1.807) is 17.9 Å². The maximum atomic E-state index is 13.5. The third-order valence-corrected chi connectivity index (χ3v) is 4.00. The van der Waals surface area contributed by atoms with Gasteiger partial charge < -0.3 is 10.1 Å². The number of halogens is 1. The number of benzene rings is 2. The number of nitrogens with one attached hydrogen (secondary N) is 1. The standard InChI is InChI=1S/C17H15FN4O/c1-23-14-5-2-11(3-6-14)17-16-10-19-9-12-8-13(18)4-7-15(12)22(16)21-20-17/h2-8,19H,9-10H2,1H3. The topological polar surface area (TPSA) is 52.0 Å². The highest BCUT2D eigenvalue weighted by Crippen LogP contribution is 2.28. The summed E-state index contributed by atoms with van der Waals surface area (Å²) in [6.07, 6.45) is 0. The van der Waals surface area contributed by atoms with E-state index < -0.39 is 0 Å². The van der Waals surface area contributed by atoms with E-state index in [1.165, 1.54) is 12.1 Å². The van der Waals surface area contributed by atoms with E-state index in [1.807, 2.05) is 24.3 Å². The molecule has 0 unspecified atom stereocenters. The van der Waals surface area contributed by atoms with Gasteiger partial charge in [0.15, 0.2) is 0 Å². The number of hydrogen-bond donors (Lipinski definition) is 1. The zero-order chi connectivity index (χ0) is 15.8. The lowest BCUT2D eigenvalue weighted by molar-refractivity contribution is 0.415. The summed E-state index contributed by atoms with van der Waals surface area (Å²) in [6.45, 7) is 1.21. The molecular formula is C17H15FN4O. The highest BCUT2D eigenvalue weighted by Gasteiger charge is 2.20. The summed E-state index contributed by atoms with van der Waals surface area (Å²) >= 11 is 0. The Hall–Kier alpha value is -2.73. The summed E-state index contributed by atoms with van der Waals surface area (Å²) in [5.41, 5.74) is 4.48. The molecule has 0 spiro atoms. The molecule has 2 heterocycles. The summed E-state index contributed by atoms with van der Waals surface area (Å²) in [7, 11) is 1.64. The first kappa shape index (κ1) is 13.9. The minimum atomic E-state index is -0.246. The van der Waals surface area contributed by atoms with Crippen molar-refractivity contribution in [3.8, 4) is 22.7 Å². The molecule has 116 valence electrons. The van der Waals surface area contributed by atoms with Crippen LogP contribution in [-0.4, -0.2) is 22.1 Å². The first-order valence-electron chi connectivity index (χ1n) is 7.35. The molecule has 0 bridgehead atoms. The van der Waals surface area contributed by atoms with Gasteiger partial charge in [-0.25, -0.2) is 9.07 Å². The number of ether oxygens (including phenoxy) is 1. The highest BCUT2D eigenvalue weighted by atomic mass is 19.1. The van der Waals surface area contributed by atoms with Crippen LogP contribution in [0.1, 0.15) is 11.3 Å². The summed E-state index contributed by atoms with van der Waals surface area (Å²) in [4.78, 5) is 0. The van der Waals surface area contributed by atoms with Crippen molar-refractivity contribution in [2.45, 2.75) is 13.1 Å². The molecule has 0 atom stereocenters. The highest BCUT2D eigenvalue weighted by molar-refractivity contribution is 5.63. The summed E-state index contributed by atoms with van der Waals surface area (Å²) in [6, 6.07) is 12.4. The molecule has 23 heavy (non-hydrogen) atoms. The Morgan fingerprint density at radius 2 is 1.96 bits per heavy atom. The van der Waals surface area contributed by atoms with Gasteiger partial charge in [-0.2, -0.15) is 0 Å². The molecule has 0 aliphatic carbocycles. The molecule has 1 aliphatic rings. The first-order valence-corrected chi connectivity index (χ1v) is 7.35. The van der Waals surface area contributed by atoms with Gasteiger partial charge in [0, 0.05) is 18.7 Å². The summed E-state index contributed by atoms with van der Waals surface area (Å²) in [5, 5.41) is 11.9. The maximum Gasteiger partial charge on any atom is 0.123 e. The lowest BCUT2D eigenvalue weighted by Crippen LogP contribution is -2.11. The molecule has 4 rings (SSSR count). The van der Waals surface area contributed by atoms with Crippen LogP contribution < -0.4 is 10.1 Å². The second kappa shape index (κ2) is 5.48. The van der Waals surface area contributed by atoms with Gasteiger partial charge in [0.1, 0.15) is 17.3 Å². The number of rotatable bonds is 2. The van der Waals surface area contributed by atoms with E-state index in [0.29, 0.717) is 13.1 Å². The van der Waals surface area contributed by atoms with Crippen molar-refractivity contribution in [1.29, 1.82) is 0 Å². The van der Waals surface area contributed by atoms with Crippen molar-refractivity contribution >= 4 is 0 Å². The van der Waals surface area contributed by atoms with Crippen LogP contribution in [0.5, 0.6) is 5.75 Å². The third-order valence-electron chi connectivity index (χ3n) is 4.00. The van der Waals surface area contributed by atoms with Crippen LogP contribution in [0.2, 0.25) is 0 Å². The predicted molar refractivity (Wildman–Crippen MR) is 83.8 cm³/mol. The first-order chi connectivity index (χ1) is 11.3. The van der Waals surface area contributed by atoms with Crippen LogP contribution in [0.25, 0.3) is 16.9 Å². The molecule has 0 fully saturated rings. The number of methoxy groups -OCH3 is 1. The van der Waals surface area contributed by atoms with Crippen molar-refractivity contribution in [3.05, 3.63) is 59.5 Å². The Morgan fingerprint density at radius 1 is 1.13 bits per heavy atom. The molecule has 5 nitrogen and oxygen atoms in total. The van der Waals surface area contributed by atoms with Crippen molar-refractivity contribution in [2.24, 2.45) is 0 Å². The van der Waals surface area contributed by atoms with Gasteiger partial charge in [-0.15, -0.1) is 5.10 Å². The lowest BCUT2D eigenvalue weighted by Gasteiger charge is -2.07. The fourth-order valence-electron chi connectivity index (χ4n) is 2.84. The molecule has 3 aromatic rings. The van der Waals surface area contributed by atoms with Crippen molar-refractivity contribution < 1.29 is 9.13 Å². The van der Waals surface area contributed by atoms with Crippen LogP contribution in [-0.2, 0) is 13.1 Å². The third kappa shape index (κ3) is 2.37. The van der Waals surface area contributed by atoms with Crippen LogP contribution >= 0.6 is 0 Å². The normalized spacial score (nSPS) is 13.1. The molecule has 2 aromatic carbocycles. The van der Waals surface area contributed by atoms with Crippen molar-refractivity contribution in [1.82, 2.24) is 20.3 Å². The molecule has 1 aliphatic heterocycles. The molecule has 0 saturated carbocycles. The van der Waals surface area contributed by atoms with Crippen LogP contribution in [0.3, 0.4) is 0 Å². The number of aromatic nitrogens is 3. The molecule has 1 aromatic heterocycles. The minimum Gasteiger partial charge on any atom is -0.497 e. The van der Waals surface area contributed by atoms with Gasteiger partial charge in [-0.3, -0.25) is 0 Å². The van der Waals surface area contributed by atoms with Crippen LogP contribution in [0, 0.1) is 5.82 Å². The predicted octanol–water partition coefficient (Wildman–Crippen LogP) is 2.69. The van der Waals surface area contributed by atoms with Crippen molar-refractivity contribution in [2.75, 3.05) is 7.11 Å². The van der Waals surface area contributed by atoms with E-state index in [0.717, 1.165) is 34.0 Å². The van der Waals surface area contributed by atoms with Gasteiger partial charge in [0.05, 0.1) is 18.5 Å². The van der Waals surface area contributed by atoms with Crippen LogP contribution in [0.4, 0.5) is 4.39 Å². The SMILES string of the molecule is COc1ccc(-c2nnn3c2CNCc2cc(F)ccc2-3)cc1. The number of nitrogens with zero attached hydrogens (tertiary/aromatic N) is 3. The maximum absolute atomic E-state index is 13.5. The fourth-order valence-corrected chi connectivity index (χ4v) is 2.84. The molecule has 1 N–H and O–H groups in total. The zero-order valence-corrected chi connectivity index (χ0v) is 12.6. The molecule has 0 radical (unpaired) electrons. The zero-order valence-electron chi connectivity index (χ0n) is 12.6. The van der Waals surface area contributed by atoms with E-state index in [-0.39, 0.29) is 5.82 Å². The van der Waals surface area contributed by atoms with Gasteiger partial charge >= 0.3 is 0 Å². The number of fused-ring (bicyclic) bond motifs is 3. The summed E-state index contributed by atoms with van der Waals surface area (Å²) < 4.78 is 20.4. The van der Waals surface area contributed by atoms with E-state index >= 15 is 0 Å². The van der Waals surface area contributed by atoms with E-state index in [4.69, 9.17) is 4.74 Å². The Bertz CT molecular complexity index is 858. The Labute approximate surface area is 132 Å². The van der Waals surface area contributed by atoms with Crippen molar-refractivity contribution in [3.63, 3.8) is 0 Å². The van der Waals surface area contributed by atoms with E-state index in [2.05, 4.69) is 15.6 Å². The molecule has 0 amide bonds. The quantitative estimate of drug-likeness (QED) is 0.791. The Kier molecular flexibility index (Phi) is 3.31.